The summed E-state index contributed by atoms with van der Waals surface area (Å²) in [6, 6.07) is 6.72. The van der Waals surface area contributed by atoms with Crippen LogP contribution in [-0.2, 0) is 4.74 Å². The van der Waals surface area contributed by atoms with Gasteiger partial charge in [-0.25, -0.2) is 0 Å². The first-order valence-electron chi connectivity index (χ1n) is 8.89. The van der Waals surface area contributed by atoms with E-state index in [1.807, 2.05) is 37.3 Å². The van der Waals surface area contributed by atoms with Crippen LogP contribution in [0.4, 0.5) is 5.69 Å². The molecule has 0 bridgehead atoms. The lowest BCUT2D eigenvalue weighted by Crippen LogP contribution is -2.05. The lowest BCUT2D eigenvalue weighted by molar-refractivity contribution is -0.386. The Morgan fingerprint density at radius 1 is 1.19 bits per heavy atom. The Morgan fingerprint density at radius 2 is 1.92 bits per heavy atom. The summed E-state index contributed by atoms with van der Waals surface area (Å²) in [5.74, 6) is 0. The fraction of sp³-hybridized carbons (Fsp3) is 0.364. The van der Waals surface area contributed by atoms with E-state index in [9.17, 15) is 10.1 Å². The molecule has 0 N–H and O–H groups in total. The molecule has 1 unspecified atom stereocenters. The second-order valence-corrected chi connectivity index (χ2v) is 6.35. The van der Waals surface area contributed by atoms with Gasteiger partial charge in [-0.2, -0.15) is 0 Å². The molecule has 0 heterocycles. The number of nitrogens with zero attached hydrogens (tertiary/aromatic N) is 1. The van der Waals surface area contributed by atoms with Crippen LogP contribution in [0.1, 0.15) is 52.2 Å². The smallest absolute Gasteiger partial charge is 0.275 e. The quantitative estimate of drug-likeness (QED) is 0.209. The molecule has 0 saturated heterocycles. The Kier molecular flexibility index (Phi) is 9.95. The zero-order valence-electron chi connectivity index (χ0n) is 16.1. The lowest BCUT2D eigenvalue weighted by atomic mass is 10.1. The highest BCUT2D eigenvalue weighted by Gasteiger charge is 2.19. The minimum absolute atomic E-state index is 0.0758. The van der Waals surface area contributed by atoms with Crippen molar-refractivity contribution in [3.05, 3.63) is 87.5 Å². The van der Waals surface area contributed by atoms with E-state index < -0.39 is 6.10 Å². The zero-order chi connectivity index (χ0) is 19.4. The van der Waals surface area contributed by atoms with Gasteiger partial charge < -0.3 is 4.74 Å². The molecule has 0 aliphatic carbocycles. The van der Waals surface area contributed by atoms with Crippen LogP contribution >= 0.6 is 0 Å². The molecular formula is C22H29NO3. The minimum atomic E-state index is -0.463. The number of nitro groups is 1. The van der Waals surface area contributed by atoms with Crippen molar-refractivity contribution in [1.29, 1.82) is 0 Å². The predicted octanol–water partition coefficient (Wildman–Crippen LogP) is 6.48. The Bertz CT molecular complexity index is 695. The van der Waals surface area contributed by atoms with Gasteiger partial charge in [0.2, 0.25) is 0 Å². The van der Waals surface area contributed by atoms with E-state index in [1.54, 1.807) is 18.2 Å². The second kappa shape index (κ2) is 12.0. The number of ether oxygens (including phenoxy) is 1. The van der Waals surface area contributed by atoms with Crippen molar-refractivity contribution in [3.8, 4) is 0 Å². The topological polar surface area (TPSA) is 52.4 Å². The van der Waals surface area contributed by atoms with Crippen LogP contribution in [0, 0.1) is 10.1 Å². The molecule has 0 fully saturated rings. The van der Waals surface area contributed by atoms with E-state index in [0.717, 1.165) is 12.8 Å². The predicted molar refractivity (Wildman–Crippen MR) is 108 cm³/mol. The molecule has 0 spiro atoms. The van der Waals surface area contributed by atoms with Crippen molar-refractivity contribution in [2.75, 3.05) is 6.61 Å². The highest BCUT2D eigenvalue weighted by molar-refractivity contribution is 5.43. The fourth-order valence-electron chi connectivity index (χ4n) is 2.40. The number of nitro benzene ring substituents is 1. The molecule has 26 heavy (non-hydrogen) atoms. The summed E-state index contributed by atoms with van der Waals surface area (Å²) >= 11 is 0. The van der Waals surface area contributed by atoms with E-state index in [0.29, 0.717) is 12.2 Å². The first-order chi connectivity index (χ1) is 12.5. The first-order valence-corrected chi connectivity index (χ1v) is 8.89. The summed E-state index contributed by atoms with van der Waals surface area (Å²) in [7, 11) is 0. The van der Waals surface area contributed by atoms with Gasteiger partial charge in [-0.05, 0) is 46.6 Å². The second-order valence-electron chi connectivity index (χ2n) is 6.35. The number of rotatable bonds is 10. The first kappa shape index (κ1) is 21.6. The number of hydrogen-bond acceptors (Lipinski definition) is 3. The number of allylic oxidation sites excluding steroid dienone is 6. The summed E-state index contributed by atoms with van der Waals surface area (Å²) < 4.78 is 5.95. The van der Waals surface area contributed by atoms with Gasteiger partial charge in [0.15, 0.2) is 0 Å². The maximum absolute atomic E-state index is 11.3. The maximum Gasteiger partial charge on any atom is 0.275 e. The highest BCUT2D eigenvalue weighted by atomic mass is 16.6. The molecule has 1 rings (SSSR count). The third kappa shape index (κ3) is 8.08. The van der Waals surface area contributed by atoms with Crippen molar-refractivity contribution in [2.45, 2.75) is 46.6 Å². The third-order valence-corrected chi connectivity index (χ3v) is 3.83. The van der Waals surface area contributed by atoms with Gasteiger partial charge >= 0.3 is 0 Å². The largest absolute Gasteiger partial charge is 0.365 e. The van der Waals surface area contributed by atoms with Gasteiger partial charge in [0, 0.05) is 6.07 Å². The molecule has 0 aromatic heterocycles. The summed E-state index contributed by atoms with van der Waals surface area (Å²) in [6.45, 7) is 8.60. The molecule has 4 heteroatoms. The number of para-hydroxylation sites is 1. The average Bonchev–Trinajstić information content (AvgIpc) is 2.60. The molecule has 0 aliphatic heterocycles. The molecule has 0 aliphatic rings. The van der Waals surface area contributed by atoms with Crippen LogP contribution < -0.4 is 0 Å². The van der Waals surface area contributed by atoms with Crippen LogP contribution in [-0.4, -0.2) is 11.5 Å². The molecule has 0 saturated carbocycles. The van der Waals surface area contributed by atoms with Crippen molar-refractivity contribution in [1.82, 2.24) is 0 Å². The van der Waals surface area contributed by atoms with Gasteiger partial charge in [-0.15, -0.1) is 0 Å². The normalized spacial score (nSPS) is 13.3. The monoisotopic (exact) mass is 355 g/mol. The van der Waals surface area contributed by atoms with E-state index in [4.69, 9.17) is 4.74 Å². The highest BCUT2D eigenvalue weighted by Crippen LogP contribution is 2.28. The average molecular weight is 355 g/mol. The SMILES string of the molecule is C/C=C/C=C/C(OC/C=C(\C)CCC=C(C)C)c1ccccc1[N+](=O)[O-]. The molecule has 1 aromatic rings. The van der Waals surface area contributed by atoms with Gasteiger partial charge in [0.05, 0.1) is 17.1 Å². The van der Waals surface area contributed by atoms with Crippen LogP contribution in [0.5, 0.6) is 0 Å². The molecule has 4 nitrogen and oxygen atoms in total. The fourth-order valence-corrected chi connectivity index (χ4v) is 2.40. The Labute approximate surface area is 156 Å². The number of benzene rings is 1. The summed E-state index contributed by atoms with van der Waals surface area (Å²) in [6.07, 6.45) is 13.3. The van der Waals surface area contributed by atoms with E-state index in [2.05, 4.69) is 26.8 Å². The van der Waals surface area contributed by atoms with Crippen molar-refractivity contribution < 1.29 is 9.66 Å². The third-order valence-electron chi connectivity index (χ3n) is 3.83. The van der Waals surface area contributed by atoms with Crippen LogP contribution in [0.3, 0.4) is 0 Å². The van der Waals surface area contributed by atoms with E-state index >= 15 is 0 Å². The van der Waals surface area contributed by atoms with Gasteiger partial charge in [-0.3, -0.25) is 10.1 Å². The molecule has 1 atom stereocenters. The molecule has 0 amide bonds. The van der Waals surface area contributed by atoms with Gasteiger partial charge in [0.25, 0.3) is 5.69 Å². The molecular weight excluding hydrogens is 326 g/mol. The maximum atomic E-state index is 11.3. The molecule has 1 aromatic carbocycles. The van der Waals surface area contributed by atoms with Crippen molar-refractivity contribution in [3.63, 3.8) is 0 Å². The number of hydrogen-bond donors (Lipinski definition) is 0. The zero-order valence-corrected chi connectivity index (χ0v) is 16.1. The van der Waals surface area contributed by atoms with Crippen molar-refractivity contribution in [2.24, 2.45) is 0 Å². The lowest BCUT2D eigenvalue weighted by Gasteiger charge is -2.14. The summed E-state index contributed by atoms with van der Waals surface area (Å²) in [4.78, 5) is 10.9. The Balaban J connectivity index is 2.86. The summed E-state index contributed by atoms with van der Waals surface area (Å²) in [5.41, 5.74) is 3.21. The molecule has 140 valence electrons. The van der Waals surface area contributed by atoms with Crippen LogP contribution in [0.15, 0.2) is 71.9 Å². The van der Waals surface area contributed by atoms with Crippen LogP contribution in [0.25, 0.3) is 0 Å². The Morgan fingerprint density at radius 3 is 2.58 bits per heavy atom. The van der Waals surface area contributed by atoms with Gasteiger partial charge in [0.1, 0.15) is 6.10 Å². The standard InChI is InChI=1S/C22H29NO3/c1-5-6-7-15-22(20-13-8-9-14-21(20)23(24)25)26-17-16-19(4)12-10-11-18(2)3/h5-9,11,13-16,22H,10,12,17H2,1-4H3/b6-5+,15-7+,19-16+. The van der Waals surface area contributed by atoms with E-state index in [1.165, 1.54) is 17.2 Å². The van der Waals surface area contributed by atoms with Crippen molar-refractivity contribution >= 4 is 5.69 Å². The van der Waals surface area contributed by atoms with Gasteiger partial charge in [-0.1, -0.05) is 59.7 Å². The van der Waals surface area contributed by atoms with E-state index in [-0.39, 0.29) is 10.6 Å². The van der Waals surface area contributed by atoms with Crippen LogP contribution in [0.2, 0.25) is 0 Å². The summed E-state index contributed by atoms with van der Waals surface area (Å²) in [5, 5.41) is 11.3. The molecule has 0 radical (unpaired) electrons. The Hall–Kier alpha value is -2.46. The minimum Gasteiger partial charge on any atom is -0.365 e.